The van der Waals surface area contributed by atoms with E-state index in [0.717, 1.165) is 10.9 Å². The van der Waals surface area contributed by atoms with Gasteiger partial charge >= 0.3 is 16.4 Å². The van der Waals surface area contributed by atoms with E-state index in [4.69, 9.17) is 10.3 Å². The average molecular weight is 1090 g/mol. The smallest absolute Gasteiger partial charge is 0.446 e. The maximum absolute atomic E-state index is 14.3. The number of carboxylic acid groups (broad SMARTS) is 1. The number of aliphatic carboxylic acids is 1. The number of carboxylic acids is 1. The van der Waals surface area contributed by atoms with Crippen molar-refractivity contribution < 1.29 is 70.2 Å². The van der Waals surface area contributed by atoms with Crippen molar-refractivity contribution >= 4 is 80.4 Å². The molecule has 6 rings (SSSR count). The van der Waals surface area contributed by atoms with E-state index < -0.39 is 125 Å². The minimum absolute atomic E-state index is 0.0140. The zero-order valence-corrected chi connectivity index (χ0v) is 42.8. The molecule has 77 heavy (non-hydrogen) atoms. The molecule has 1 aromatic heterocycles. The molecule has 0 bridgehead atoms. The first kappa shape index (κ1) is 57.9. The summed E-state index contributed by atoms with van der Waals surface area (Å²) in [7, 11) is -4.69. The number of nitrogens with zero attached hydrogens (tertiary/aromatic N) is 2. The lowest BCUT2D eigenvalue weighted by Gasteiger charge is -2.26. The summed E-state index contributed by atoms with van der Waals surface area (Å²) >= 11 is 0. The molecule has 2 fully saturated rings. The van der Waals surface area contributed by atoms with Gasteiger partial charge < -0.3 is 61.7 Å². The molecule has 412 valence electrons. The van der Waals surface area contributed by atoms with Gasteiger partial charge in [0.2, 0.25) is 53.2 Å². The molecule has 2 aliphatic rings. The van der Waals surface area contributed by atoms with Crippen LogP contribution in [0.25, 0.3) is 10.9 Å². The highest BCUT2D eigenvalue weighted by atomic mass is 32.3. The quantitative estimate of drug-likeness (QED) is 0.0314. The second kappa shape index (κ2) is 26.9. The van der Waals surface area contributed by atoms with Crippen LogP contribution in [0.3, 0.4) is 0 Å². The number of likely N-dealkylation sites (tertiary alicyclic amines) is 2. The average Bonchev–Trinajstić information content (AvgIpc) is 4.06. The van der Waals surface area contributed by atoms with E-state index in [0.29, 0.717) is 29.5 Å². The molecule has 3 heterocycles. The van der Waals surface area contributed by atoms with Gasteiger partial charge in [-0.2, -0.15) is 8.42 Å². The number of nitrogens with one attached hydrogen (secondary N) is 7. The molecule has 25 nitrogen and oxygen atoms in total. The van der Waals surface area contributed by atoms with Crippen LogP contribution in [0.5, 0.6) is 5.75 Å². The Morgan fingerprint density at radius 3 is 1.90 bits per heavy atom. The van der Waals surface area contributed by atoms with Crippen molar-refractivity contribution in [3.8, 4) is 5.75 Å². The van der Waals surface area contributed by atoms with E-state index in [2.05, 4.69) is 41.1 Å². The van der Waals surface area contributed by atoms with Crippen LogP contribution in [0.2, 0.25) is 0 Å². The normalized spacial score (nSPS) is 16.9. The summed E-state index contributed by atoms with van der Waals surface area (Å²) < 4.78 is 35.0. The number of para-hydroxylation sites is 1. The van der Waals surface area contributed by atoms with Crippen molar-refractivity contribution in [3.05, 3.63) is 102 Å². The van der Waals surface area contributed by atoms with Crippen LogP contribution in [0.1, 0.15) is 68.6 Å². The van der Waals surface area contributed by atoms with Crippen LogP contribution in [0.15, 0.2) is 85.1 Å². The van der Waals surface area contributed by atoms with Crippen LogP contribution in [-0.4, -0.2) is 154 Å². The molecule has 9 amide bonds. The fourth-order valence-electron chi connectivity index (χ4n) is 8.92. The Kier molecular flexibility index (Phi) is 20.2. The molecule has 3 aromatic carbocycles. The summed E-state index contributed by atoms with van der Waals surface area (Å²) in [5.74, 6) is -8.13. The van der Waals surface area contributed by atoms with Gasteiger partial charge in [0.05, 0.1) is 19.5 Å². The fraction of sp³-hybridized carbons (Fsp3) is 0.412. The fourth-order valence-corrected chi connectivity index (χ4v) is 9.28. The van der Waals surface area contributed by atoms with Crippen molar-refractivity contribution in [2.24, 2.45) is 5.73 Å². The van der Waals surface area contributed by atoms with Crippen molar-refractivity contribution in [1.29, 1.82) is 0 Å². The molecule has 2 saturated heterocycles. The number of benzene rings is 3. The van der Waals surface area contributed by atoms with Gasteiger partial charge in [-0.3, -0.25) is 52.5 Å². The highest BCUT2D eigenvalue weighted by Gasteiger charge is 2.38. The van der Waals surface area contributed by atoms with Gasteiger partial charge in [-0.25, -0.2) is 0 Å². The monoisotopic (exact) mass is 1090 g/mol. The number of aryl methyl sites for hydroxylation is 1. The molecule has 26 heteroatoms. The predicted molar refractivity (Wildman–Crippen MR) is 274 cm³/mol. The van der Waals surface area contributed by atoms with E-state index in [1.165, 1.54) is 34.1 Å². The van der Waals surface area contributed by atoms with Gasteiger partial charge in [-0.1, -0.05) is 80.4 Å². The number of nitrogens with two attached hydrogens (primary N) is 1. The van der Waals surface area contributed by atoms with Crippen molar-refractivity contribution in [2.75, 3.05) is 26.2 Å². The number of hydrogen-bond donors (Lipinski definition) is 10. The third kappa shape index (κ3) is 17.3. The molecular weight excluding hydrogens is 1020 g/mol. The van der Waals surface area contributed by atoms with E-state index in [1.807, 2.05) is 19.1 Å². The van der Waals surface area contributed by atoms with E-state index in [-0.39, 0.29) is 63.8 Å². The van der Waals surface area contributed by atoms with Gasteiger partial charge in [-0.15, -0.1) is 0 Å². The molecule has 0 spiro atoms. The molecule has 4 aromatic rings. The zero-order chi connectivity index (χ0) is 55.8. The number of aromatic amines is 1. The Balaban J connectivity index is 1.04. The Morgan fingerprint density at radius 1 is 0.701 bits per heavy atom. The third-order valence-corrected chi connectivity index (χ3v) is 13.3. The minimum atomic E-state index is -4.69. The molecule has 11 N–H and O–H groups in total. The number of hydrogen-bond acceptors (Lipinski definition) is 13. The summed E-state index contributed by atoms with van der Waals surface area (Å²) in [4.78, 5) is 138. The number of H-pyrrole nitrogens is 1. The number of carbonyl (C=O) groups is 10. The first-order valence-corrected chi connectivity index (χ1v) is 26.2. The van der Waals surface area contributed by atoms with Gasteiger partial charge in [0.1, 0.15) is 42.0 Å². The van der Waals surface area contributed by atoms with Crippen LogP contribution < -0.4 is 41.8 Å². The number of aromatic nitrogens is 1. The number of amides is 9. The van der Waals surface area contributed by atoms with Crippen molar-refractivity contribution in [1.82, 2.24) is 46.7 Å². The minimum Gasteiger partial charge on any atom is -0.481 e. The van der Waals surface area contributed by atoms with Gasteiger partial charge in [0.15, 0.2) is 0 Å². The zero-order valence-electron chi connectivity index (χ0n) is 42.0. The summed E-state index contributed by atoms with van der Waals surface area (Å²) in [6.45, 7) is 1.10. The predicted octanol–water partition coefficient (Wildman–Crippen LogP) is -0.709. The molecule has 0 aliphatic carbocycles. The first-order chi connectivity index (χ1) is 36.7. The third-order valence-electron chi connectivity index (χ3n) is 12.9. The summed E-state index contributed by atoms with van der Waals surface area (Å²) in [6.07, 6.45) is 2.25. The SMILES string of the molecule is CCCC[C@H](NC(=O)[C@H](Cc1c[nH]c2ccccc12)NC(=O)CN1CC[C@@H](NC(=O)CN2CC[C@@H](NC(=O)CCc3ccc(OS(=O)(=O)O)cc3)C2=O)C1=O)C(=O)N[C@@H](CC(=O)O)C(=O)N[C@@H](Cc1ccccc1)C(N)=O. The maximum atomic E-state index is 14.3. The first-order valence-electron chi connectivity index (χ1n) is 24.9. The molecular formula is C51H62N10O15S. The maximum Gasteiger partial charge on any atom is 0.446 e. The molecule has 0 saturated carbocycles. The van der Waals surface area contributed by atoms with Crippen LogP contribution in [0.4, 0.5) is 0 Å². The highest BCUT2D eigenvalue weighted by molar-refractivity contribution is 7.81. The topological polar surface area (TPSA) is 375 Å². The van der Waals surface area contributed by atoms with Crippen LogP contribution in [-0.2, 0) is 77.6 Å². The summed E-state index contributed by atoms with van der Waals surface area (Å²) in [6, 6.07) is 13.9. The largest absolute Gasteiger partial charge is 0.481 e. The summed E-state index contributed by atoms with van der Waals surface area (Å²) in [5, 5.41) is 25.9. The number of rotatable bonds is 28. The van der Waals surface area contributed by atoms with Gasteiger partial charge in [0, 0.05) is 49.5 Å². The Labute approximate surface area is 442 Å². The molecule has 0 radical (unpaired) electrons. The molecule has 2 aliphatic heterocycles. The van der Waals surface area contributed by atoms with Crippen molar-refractivity contribution in [2.45, 2.75) is 107 Å². The summed E-state index contributed by atoms with van der Waals surface area (Å²) in [5.41, 5.74) is 8.24. The second-order valence-corrected chi connectivity index (χ2v) is 19.7. The lowest BCUT2D eigenvalue weighted by Crippen LogP contribution is -2.59. The number of unbranched alkanes of at least 4 members (excludes halogenated alkanes) is 1. The Morgan fingerprint density at radius 2 is 1.27 bits per heavy atom. The van der Waals surface area contributed by atoms with Crippen LogP contribution >= 0.6 is 0 Å². The van der Waals surface area contributed by atoms with Crippen molar-refractivity contribution in [3.63, 3.8) is 0 Å². The van der Waals surface area contributed by atoms with Crippen LogP contribution in [0, 0.1) is 0 Å². The Bertz CT molecular complexity index is 2940. The Hall–Kier alpha value is -8.39. The number of fused-ring (bicyclic) bond motifs is 1. The van der Waals surface area contributed by atoms with Gasteiger partial charge in [-0.05, 0) is 60.6 Å². The van der Waals surface area contributed by atoms with E-state index in [1.54, 1.807) is 48.7 Å². The molecule has 0 unspecified atom stereocenters. The highest BCUT2D eigenvalue weighted by Crippen LogP contribution is 2.21. The number of primary amides is 1. The van der Waals surface area contributed by atoms with Gasteiger partial charge in [0.25, 0.3) is 0 Å². The van der Waals surface area contributed by atoms with E-state index >= 15 is 0 Å². The number of carbonyl (C=O) groups excluding carboxylic acids is 9. The molecule has 6 atom stereocenters. The lowest BCUT2D eigenvalue weighted by molar-refractivity contribution is -0.141. The lowest BCUT2D eigenvalue weighted by atomic mass is 10.0. The second-order valence-electron chi connectivity index (χ2n) is 18.7. The van der Waals surface area contributed by atoms with E-state index in [9.17, 15) is 61.5 Å². The standard InChI is InChI=1S/C51H62N10O15S/c1-2-3-12-36(47(68)59-41(26-45(65)66)49(70)58-39(46(52)67)24-31-9-5-4-6-10-31)57-48(69)40(25-32-27-53-35-13-8-7-11-34(32)35)56-44(64)29-61-23-21-38(51(61)72)55-43(63)28-60-22-20-37(50(60)71)54-42(62)19-16-30-14-17-33(18-15-30)76-77(73,74)75/h4-11,13-15,17-18,27,36-41,53H,2-3,12,16,19-26,28-29H2,1H3,(H2,52,67)(H,54,62)(H,55,63)(H,56,64)(H,57,69)(H,58,70)(H,59,68)(H,65,66)(H,73,74,75)/t36-,37+,38+,39-,40-,41-/m0/s1.